The first-order valence-electron chi connectivity index (χ1n) is 13.7. The Hall–Kier alpha value is -4.90. The van der Waals surface area contributed by atoms with Crippen molar-refractivity contribution in [3.05, 3.63) is 94.5 Å². The summed E-state index contributed by atoms with van der Waals surface area (Å²) in [6.07, 6.45) is -1.84. The van der Waals surface area contributed by atoms with Crippen molar-refractivity contribution < 1.29 is 29.3 Å². The first-order valence-corrected chi connectivity index (χ1v) is 13.7. The van der Waals surface area contributed by atoms with E-state index in [1.54, 1.807) is 88.4 Å². The molecule has 0 saturated heterocycles. The lowest BCUT2D eigenvalue weighted by atomic mass is 9.85. The van der Waals surface area contributed by atoms with E-state index < -0.39 is 35.5 Å². The number of nitrogens with one attached hydrogen (secondary N) is 2. The number of fused-ring (bicyclic) bond motifs is 2. The van der Waals surface area contributed by atoms with E-state index in [1.165, 1.54) is 6.92 Å². The smallest absolute Gasteiger partial charge is 0.251 e. The molecule has 2 heterocycles. The molecule has 3 aromatic carbocycles. The molecule has 4 N–H and O–H groups in total. The van der Waals surface area contributed by atoms with E-state index in [1.807, 2.05) is 12.1 Å². The van der Waals surface area contributed by atoms with E-state index in [9.17, 15) is 19.8 Å². The van der Waals surface area contributed by atoms with Crippen LogP contribution < -0.4 is 20.1 Å². The van der Waals surface area contributed by atoms with Crippen molar-refractivity contribution in [1.82, 2.24) is 10.6 Å². The molecule has 5 rings (SSSR count). The molecule has 222 valence electrons. The van der Waals surface area contributed by atoms with Crippen molar-refractivity contribution in [2.24, 2.45) is 0 Å². The fraction of sp³-hybridized carbons (Fsp3) is 0.333. The highest BCUT2D eigenvalue weighted by Gasteiger charge is 2.44. The summed E-state index contributed by atoms with van der Waals surface area (Å²) in [5.74, 6) is 0.608. The van der Waals surface area contributed by atoms with Gasteiger partial charge in [0.2, 0.25) is 5.91 Å². The minimum Gasteiger partial charge on any atom is -0.485 e. The lowest BCUT2D eigenvalue weighted by Crippen LogP contribution is -2.53. The van der Waals surface area contributed by atoms with E-state index in [2.05, 4.69) is 16.7 Å². The normalized spacial score (nSPS) is 22.3. The van der Waals surface area contributed by atoms with Gasteiger partial charge >= 0.3 is 0 Å². The molecule has 43 heavy (non-hydrogen) atoms. The van der Waals surface area contributed by atoms with E-state index in [4.69, 9.17) is 20.0 Å². The fourth-order valence-electron chi connectivity index (χ4n) is 5.08. The predicted molar refractivity (Wildman–Crippen MR) is 157 cm³/mol. The molecule has 2 aliphatic rings. The summed E-state index contributed by atoms with van der Waals surface area (Å²) in [4.78, 5) is 23.8. The van der Waals surface area contributed by atoms with E-state index in [0.717, 1.165) is 0 Å². The summed E-state index contributed by atoms with van der Waals surface area (Å²) in [6.45, 7) is 8.44. The summed E-state index contributed by atoms with van der Waals surface area (Å²) in [5.41, 5.74) is 0.968. The SMILES string of the molecule is CC(=O)N[C@@H]1c2cc(C#N)ccc2OC(C)(C)[C@@H]1O.CC1(C)Oc2ccc(C#N)cc2[C@@H](NC(=O)c2ccccc2)[C@H]1O. The molecule has 0 fully saturated rings. The van der Waals surface area contributed by atoms with Gasteiger partial charge in [0.1, 0.15) is 34.9 Å². The third-order valence-corrected chi connectivity index (χ3v) is 7.43. The van der Waals surface area contributed by atoms with Crippen molar-refractivity contribution in [1.29, 1.82) is 10.5 Å². The van der Waals surface area contributed by atoms with Crippen LogP contribution in [0.1, 0.15) is 79.3 Å². The number of carbonyl (C=O) groups is 2. The largest absolute Gasteiger partial charge is 0.485 e. The topological polar surface area (TPSA) is 165 Å². The number of benzene rings is 3. The number of ether oxygens (including phenoxy) is 2. The third kappa shape index (κ3) is 6.62. The van der Waals surface area contributed by atoms with Crippen LogP contribution in [0.15, 0.2) is 66.7 Å². The molecule has 2 aliphatic heterocycles. The zero-order valence-electron chi connectivity index (χ0n) is 24.6. The molecule has 4 atom stereocenters. The van der Waals surface area contributed by atoms with Crippen molar-refractivity contribution in [3.63, 3.8) is 0 Å². The Morgan fingerprint density at radius 3 is 1.60 bits per heavy atom. The Bertz CT molecular complexity index is 1610. The highest BCUT2D eigenvalue weighted by molar-refractivity contribution is 5.94. The van der Waals surface area contributed by atoms with E-state index in [-0.39, 0.29) is 11.8 Å². The van der Waals surface area contributed by atoms with Gasteiger partial charge in [0.25, 0.3) is 5.91 Å². The molecule has 10 heteroatoms. The quantitative estimate of drug-likeness (QED) is 0.362. The number of nitrogens with zero attached hydrogens (tertiary/aromatic N) is 2. The van der Waals surface area contributed by atoms with Gasteiger partial charge in [0.15, 0.2) is 0 Å². The number of carbonyl (C=O) groups excluding carboxylic acids is 2. The standard InChI is InChI=1S/C19H18N2O3.C14H16N2O3/c1-19(2)17(22)16(21-18(23)13-6-4-3-5-7-13)14-10-12(11-20)8-9-15(14)24-19;1-8(17)16-12-10-6-9(7-15)4-5-11(10)19-14(2,3)13(12)18/h3-10,16-17,22H,1-2H3,(H,21,23);4-6,12-13,18H,1-3H3,(H,16,17)/t16-,17-;12-,13-/m11/s1. The Balaban J connectivity index is 0.000000203. The minimum absolute atomic E-state index is 0.241. The van der Waals surface area contributed by atoms with Gasteiger partial charge in [-0.05, 0) is 76.2 Å². The van der Waals surface area contributed by atoms with Gasteiger partial charge in [-0.25, -0.2) is 0 Å². The van der Waals surface area contributed by atoms with Crippen molar-refractivity contribution in [2.45, 2.75) is 70.1 Å². The number of amides is 2. The molecule has 0 aliphatic carbocycles. The van der Waals surface area contributed by atoms with Gasteiger partial charge < -0.3 is 30.3 Å². The molecule has 0 saturated carbocycles. The second-order valence-electron chi connectivity index (χ2n) is 11.5. The van der Waals surface area contributed by atoms with E-state index >= 15 is 0 Å². The molecule has 0 bridgehead atoms. The van der Waals surface area contributed by atoms with Crippen LogP contribution in [-0.4, -0.2) is 45.4 Å². The molecular weight excluding hydrogens is 548 g/mol. The lowest BCUT2D eigenvalue weighted by molar-refractivity contribution is -0.123. The number of nitriles is 2. The second-order valence-corrected chi connectivity index (χ2v) is 11.5. The Labute approximate surface area is 250 Å². The van der Waals surface area contributed by atoms with Gasteiger partial charge in [-0.1, -0.05) is 18.2 Å². The van der Waals surface area contributed by atoms with Crippen LogP contribution in [0.4, 0.5) is 0 Å². The Morgan fingerprint density at radius 2 is 1.19 bits per heavy atom. The molecule has 3 aromatic rings. The summed E-state index contributed by atoms with van der Waals surface area (Å²) < 4.78 is 11.6. The number of hydrogen-bond acceptors (Lipinski definition) is 8. The summed E-state index contributed by atoms with van der Waals surface area (Å²) in [7, 11) is 0. The van der Waals surface area contributed by atoms with Gasteiger partial charge in [-0.3, -0.25) is 9.59 Å². The number of rotatable bonds is 3. The second kappa shape index (κ2) is 12.1. The van der Waals surface area contributed by atoms with Gasteiger partial charge in [0.05, 0.1) is 35.3 Å². The first-order chi connectivity index (χ1) is 20.3. The van der Waals surface area contributed by atoms with Crippen LogP contribution in [0, 0.1) is 22.7 Å². The van der Waals surface area contributed by atoms with E-state index in [0.29, 0.717) is 39.3 Å². The zero-order valence-corrected chi connectivity index (χ0v) is 24.6. The van der Waals surface area contributed by atoms with Gasteiger partial charge in [0, 0.05) is 23.6 Å². The molecule has 10 nitrogen and oxygen atoms in total. The van der Waals surface area contributed by atoms with Crippen LogP contribution in [0.3, 0.4) is 0 Å². The molecule has 0 aromatic heterocycles. The third-order valence-electron chi connectivity index (χ3n) is 7.43. The fourth-order valence-corrected chi connectivity index (χ4v) is 5.08. The lowest BCUT2D eigenvalue weighted by Gasteiger charge is -2.42. The monoisotopic (exact) mass is 582 g/mol. The maximum absolute atomic E-state index is 12.5. The molecule has 0 spiro atoms. The molecule has 0 radical (unpaired) electrons. The van der Waals surface area contributed by atoms with Crippen molar-refractivity contribution in [2.75, 3.05) is 0 Å². The van der Waals surface area contributed by atoms with Crippen LogP contribution in [0.25, 0.3) is 0 Å². The minimum atomic E-state index is -0.952. The van der Waals surface area contributed by atoms with Crippen LogP contribution in [0.2, 0.25) is 0 Å². The zero-order chi connectivity index (χ0) is 31.5. The van der Waals surface area contributed by atoms with Gasteiger partial charge in [-0.2, -0.15) is 10.5 Å². The highest BCUT2D eigenvalue weighted by Crippen LogP contribution is 2.41. The van der Waals surface area contributed by atoms with Crippen LogP contribution in [0.5, 0.6) is 11.5 Å². The highest BCUT2D eigenvalue weighted by atomic mass is 16.5. The molecule has 2 amide bonds. The number of aliphatic hydroxyl groups excluding tert-OH is 2. The van der Waals surface area contributed by atoms with Crippen LogP contribution >= 0.6 is 0 Å². The average molecular weight is 583 g/mol. The maximum Gasteiger partial charge on any atom is 0.251 e. The van der Waals surface area contributed by atoms with Crippen LogP contribution in [-0.2, 0) is 4.79 Å². The molecular formula is C33H34N4O6. The Morgan fingerprint density at radius 1 is 0.744 bits per heavy atom. The summed E-state index contributed by atoms with van der Waals surface area (Å²) >= 11 is 0. The average Bonchev–Trinajstić information content (AvgIpc) is 2.97. The number of hydrogen-bond donors (Lipinski definition) is 4. The maximum atomic E-state index is 12.5. The van der Waals surface area contributed by atoms with Crippen molar-refractivity contribution >= 4 is 11.8 Å². The van der Waals surface area contributed by atoms with Crippen molar-refractivity contribution in [3.8, 4) is 23.6 Å². The summed E-state index contributed by atoms with van der Waals surface area (Å²) in [5, 5.41) is 44.6. The van der Waals surface area contributed by atoms with Gasteiger partial charge in [-0.15, -0.1) is 0 Å². The number of aliphatic hydroxyl groups is 2. The molecule has 0 unspecified atom stereocenters. The Kier molecular flexibility index (Phi) is 8.77. The first kappa shape index (κ1) is 31.0. The predicted octanol–water partition coefficient (Wildman–Crippen LogP) is 3.83. The summed E-state index contributed by atoms with van der Waals surface area (Å²) in [6, 6.07) is 21.6.